The number of carbonyl (C=O) groups excluding carboxylic acids is 1. The molecule has 0 aromatic rings. The van der Waals surface area contributed by atoms with Crippen LogP contribution in [0.2, 0.25) is 0 Å². The molecule has 0 heterocycles. The fourth-order valence-electron chi connectivity index (χ4n) is 0.754. The number of aliphatic hydroxyl groups is 1. The molecule has 0 amide bonds. The van der Waals surface area contributed by atoms with Crippen LogP contribution in [0.3, 0.4) is 0 Å². The van der Waals surface area contributed by atoms with Gasteiger partial charge in [-0.1, -0.05) is 20.8 Å². The summed E-state index contributed by atoms with van der Waals surface area (Å²) in [6.07, 6.45) is 0. The van der Waals surface area contributed by atoms with Crippen LogP contribution in [0, 0.1) is 11.3 Å². The molecule has 0 aliphatic carbocycles. The summed E-state index contributed by atoms with van der Waals surface area (Å²) >= 11 is 0. The third-order valence-electron chi connectivity index (χ3n) is 2.32. The van der Waals surface area contributed by atoms with Gasteiger partial charge in [0.2, 0.25) is 0 Å². The molecule has 0 aromatic carbocycles. The molecule has 0 saturated heterocycles. The summed E-state index contributed by atoms with van der Waals surface area (Å²) in [7, 11) is 0. The predicted molar refractivity (Wildman–Crippen MR) is 42.7 cm³/mol. The van der Waals surface area contributed by atoms with Gasteiger partial charge in [0.1, 0.15) is 6.61 Å². The summed E-state index contributed by atoms with van der Waals surface area (Å²) < 4.78 is 0. The Morgan fingerprint density at radius 1 is 1.42 bits per heavy atom. The predicted octanol–water partition coefficient (Wildman–Crippen LogP) is 0.295. The van der Waals surface area contributed by atoms with E-state index in [2.05, 4.69) is 0 Å². The first-order chi connectivity index (χ1) is 5.34. The quantitative estimate of drug-likeness (QED) is 0.642. The molecule has 0 aliphatic heterocycles. The molecule has 4 heteroatoms. The second kappa shape index (κ2) is 3.67. The van der Waals surface area contributed by atoms with Gasteiger partial charge in [-0.3, -0.25) is 9.59 Å². The second-order valence-corrected chi connectivity index (χ2v) is 3.36. The molecule has 2 N–H and O–H groups in total. The van der Waals surface area contributed by atoms with Crippen molar-refractivity contribution < 1.29 is 19.8 Å². The van der Waals surface area contributed by atoms with Crippen LogP contribution in [-0.4, -0.2) is 28.6 Å². The van der Waals surface area contributed by atoms with Crippen molar-refractivity contribution in [2.24, 2.45) is 11.3 Å². The maximum Gasteiger partial charge on any atom is 0.307 e. The number of aliphatic hydroxyl groups excluding tert-OH is 1. The summed E-state index contributed by atoms with van der Waals surface area (Å²) in [4.78, 5) is 21.6. The van der Waals surface area contributed by atoms with Crippen molar-refractivity contribution in [1.29, 1.82) is 0 Å². The third-order valence-corrected chi connectivity index (χ3v) is 2.32. The minimum absolute atomic E-state index is 0.447. The van der Waals surface area contributed by atoms with E-state index in [1.807, 2.05) is 0 Å². The highest BCUT2D eigenvalue weighted by Gasteiger charge is 2.37. The van der Waals surface area contributed by atoms with Crippen molar-refractivity contribution in [3.8, 4) is 0 Å². The lowest BCUT2D eigenvalue weighted by molar-refractivity contribution is -0.150. The van der Waals surface area contributed by atoms with Gasteiger partial charge in [0, 0.05) is 5.41 Å². The molecule has 1 atom stereocenters. The molecule has 12 heavy (non-hydrogen) atoms. The van der Waals surface area contributed by atoms with Gasteiger partial charge < -0.3 is 10.2 Å². The van der Waals surface area contributed by atoms with Crippen LogP contribution in [0.15, 0.2) is 0 Å². The van der Waals surface area contributed by atoms with Gasteiger partial charge in [-0.05, 0) is 0 Å². The summed E-state index contributed by atoms with van der Waals surface area (Å²) in [6, 6.07) is 0. The fraction of sp³-hybridized carbons (Fsp3) is 0.750. The molecule has 70 valence electrons. The SMILES string of the molecule is C[C@@H](C(=O)O)C(C)(C)C(=O)CO. The van der Waals surface area contributed by atoms with E-state index in [0.717, 1.165) is 0 Å². The lowest BCUT2D eigenvalue weighted by Gasteiger charge is -2.26. The van der Waals surface area contributed by atoms with Gasteiger partial charge >= 0.3 is 5.97 Å². The highest BCUT2D eigenvalue weighted by Crippen LogP contribution is 2.27. The van der Waals surface area contributed by atoms with E-state index >= 15 is 0 Å². The maximum atomic E-state index is 11.1. The minimum Gasteiger partial charge on any atom is -0.481 e. The van der Waals surface area contributed by atoms with Crippen LogP contribution >= 0.6 is 0 Å². The van der Waals surface area contributed by atoms with E-state index in [0.29, 0.717) is 0 Å². The maximum absolute atomic E-state index is 11.1. The van der Waals surface area contributed by atoms with Crippen molar-refractivity contribution in [3.63, 3.8) is 0 Å². The molecule has 0 saturated carbocycles. The van der Waals surface area contributed by atoms with Gasteiger partial charge in [0.05, 0.1) is 5.92 Å². The van der Waals surface area contributed by atoms with Crippen molar-refractivity contribution in [3.05, 3.63) is 0 Å². The summed E-state index contributed by atoms with van der Waals surface area (Å²) in [5.41, 5.74) is -0.999. The molecule has 0 aromatic heterocycles. The molecule has 0 bridgehead atoms. The molecular formula is C8H14O4. The Bertz CT molecular complexity index is 195. The summed E-state index contributed by atoms with van der Waals surface area (Å²) in [6.45, 7) is 3.88. The highest BCUT2D eigenvalue weighted by atomic mass is 16.4. The number of carboxylic acids is 1. The van der Waals surface area contributed by atoms with E-state index < -0.39 is 29.7 Å². The topological polar surface area (TPSA) is 74.6 Å². The van der Waals surface area contributed by atoms with E-state index in [1.54, 1.807) is 0 Å². The van der Waals surface area contributed by atoms with Crippen LogP contribution in [0.4, 0.5) is 0 Å². The summed E-state index contributed by atoms with van der Waals surface area (Å²) in [5, 5.41) is 17.2. The number of ketones is 1. The first kappa shape index (κ1) is 11.1. The zero-order valence-corrected chi connectivity index (χ0v) is 7.50. The molecule has 0 fully saturated rings. The molecule has 0 spiro atoms. The molecule has 0 aliphatic rings. The number of hydrogen-bond donors (Lipinski definition) is 2. The van der Waals surface area contributed by atoms with E-state index in [1.165, 1.54) is 20.8 Å². The Labute approximate surface area is 71.2 Å². The van der Waals surface area contributed by atoms with Crippen molar-refractivity contribution in [2.45, 2.75) is 20.8 Å². The smallest absolute Gasteiger partial charge is 0.307 e. The fourth-order valence-corrected chi connectivity index (χ4v) is 0.754. The van der Waals surface area contributed by atoms with E-state index in [4.69, 9.17) is 10.2 Å². The average Bonchev–Trinajstić information content (AvgIpc) is 2.01. The Hall–Kier alpha value is -0.900. The van der Waals surface area contributed by atoms with Crippen LogP contribution < -0.4 is 0 Å². The van der Waals surface area contributed by atoms with Gasteiger partial charge in [0.15, 0.2) is 5.78 Å². The van der Waals surface area contributed by atoms with Gasteiger partial charge in [-0.2, -0.15) is 0 Å². The van der Waals surface area contributed by atoms with Crippen LogP contribution in [0.5, 0.6) is 0 Å². The summed E-state index contributed by atoms with van der Waals surface area (Å²) in [5.74, 6) is -2.25. The standard InChI is InChI=1S/C8H14O4/c1-5(7(11)12)8(2,3)6(10)4-9/h5,9H,4H2,1-3H3,(H,11,12)/t5-/m0/s1. The number of hydrogen-bond acceptors (Lipinski definition) is 3. The second-order valence-electron chi connectivity index (χ2n) is 3.36. The number of carboxylic acid groups (broad SMARTS) is 1. The average molecular weight is 174 g/mol. The normalized spacial score (nSPS) is 14.0. The van der Waals surface area contributed by atoms with E-state index in [-0.39, 0.29) is 0 Å². The van der Waals surface area contributed by atoms with Crippen LogP contribution in [0.1, 0.15) is 20.8 Å². The molecule has 0 radical (unpaired) electrons. The molecule has 4 nitrogen and oxygen atoms in total. The van der Waals surface area contributed by atoms with E-state index in [9.17, 15) is 9.59 Å². The van der Waals surface area contributed by atoms with Gasteiger partial charge in [-0.15, -0.1) is 0 Å². The third kappa shape index (κ3) is 2.04. The van der Waals surface area contributed by atoms with Gasteiger partial charge in [0.25, 0.3) is 0 Å². The lowest BCUT2D eigenvalue weighted by atomic mass is 9.76. The number of carbonyl (C=O) groups is 2. The zero-order valence-electron chi connectivity index (χ0n) is 7.50. The van der Waals surface area contributed by atoms with Gasteiger partial charge in [-0.25, -0.2) is 0 Å². The zero-order chi connectivity index (χ0) is 9.94. The largest absolute Gasteiger partial charge is 0.481 e. The lowest BCUT2D eigenvalue weighted by Crippen LogP contribution is -2.37. The van der Waals surface area contributed by atoms with Crippen LogP contribution in [-0.2, 0) is 9.59 Å². The number of Topliss-reactive ketones (excluding diaryl/α,β-unsaturated/α-hetero) is 1. The first-order valence-electron chi connectivity index (χ1n) is 3.71. The van der Waals surface area contributed by atoms with Crippen molar-refractivity contribution in [2.75, 3.05) is 6.61 Å². The number of aliphatic carboxylic acids is 1. The minimum atomic E-state index is -1.03. The molecular weight excluding hydrogens is 160 g/mol. The Morgan fingerprint density at radius 2 is 1.83 bits per heavy atom. The number of rotatable bonds is 4. The Morgan fingerprint density at radius 3 is 2.08 bits per heavy atom. The Kier molecular flexibility index (Phi) is 3.39. The molecule has 0 rings (SSSR count). The van der Waals surface area contributed by atoms with Crippen LogP contribution in [0.25, 0.3) is 0 Å². The first-order valence-corrected chi connectivity index (χ1v) is 3.71. The van der Waals surface area contributed by atoms with Crippen molar-refractivity contribution in [1.82, 2.24) is 0 Å². The molecule has 0 unspecified atom stereocenters. The highest BCUT2D eigenvalue weighted by molar-refractivity contribution is 5.89. The van der Waals surface area contributed by atoms with Crippen molar-refractivity contribution >= 4 is 11.8 Å². The monoisotopic (exact) mass is 174 g/mol. The Balaban J connectivity index is 4.60.